The maximum atomic E-state index is 14.8. The summed E-state index contributed by atoms with van der Waals surface area (Å²) in [7, 11) is -2.90. The minimum Gasteiger partial charge on any atom is -0.386 e. The third kappa shape index (κ3) is 4.50. The topological polar surface area (TPSA) is 85.4 Å². The van der Waals surface area contributed by atoms with Crippen LogP contribution in [0.2, 0.25) is 0 Å². The molecule has 1 aliphatic rings. The summed E-state index contributed by atoms with van der Waals surface area (Å²) in [4.78, 5) is 20.4. The van der Waals surface area contributed by atoms with E-state index >= 15 is 0 Å². The van der Waals surface area contributed by atoms with Crippen LogP contribution in [0.4, 0.5) is 22.0 Å². The summed E-state index contributed by atoms with van der Waals surface area (Å²) in [6.07, 6.45) is -4.54. The number of hydrogen-bond acceptors (Lipinski definition) is 5. The van der Waals surface area contributed by atoms with Gasteiger partial charge in [0.1, 0.15) is 11.5 Å². The predicted molar refractivity (Wildman–Crippen MR) is 117 cm³/mol. The van der Waals surface area contributed by atoms with Gasteiger partial charge in [0.15, 0.2) is 17.4 Å². The average molecular weight is 487 g/mol. The van der Waals surface area contributed by atoms with Crippen molar-refractivity contribution in [2.24, 2.45) is 10.7 Å². The number of aromatic nitrogens is 1. The number of nitrogens with two attached hydrogens (primary N) is 1. The van der Waals surface area contributed by atoms with Gasteiger partial charge in [0.25, 0.3) is 0 Å². The Balaban J connectivity index is 1.99. The minimum atomic E-state index is -4.61. The van der Waals surface area contributed by atoms with Crippen molar-refractivity contribution in [3.63, 3.8) is 0 Å². The Hall–Kier alpha value is -2.82. The van der Waals surface area contributed by atoms with E-state index in [1.807, 2.05) is 0 Å². The summed E-state index contributed by atoms with van der Waals surface area (Å²) < 4.78 is 79.4. The molecule has 33 heavy (non-hydrogen) atoms. The molecule has 0 fully saturated rings. The monoisotopic (exact) mass is 487 g/mol. The highest BCUT2D eigenvalue weighted by Crippen LogP contribution is 2.38. The molecule has 5 nitrogen and oxygen atoms in total. The molecule has 0 saturated heterocycles. The Morgan fingerprint density at radius 1 is 1.21 bits per heavy atom. The lowest BCUT2D eigenvalue weighted by molar-refractivity contribution is -0.137. The van der Waals surface area contributed by atoms with Crippen LogP contribution in [0.1, 0.15) is 48.0 Å². The number of halogens is 5. The molecule has 0 radical (unpaired) electrons. The first-order valence-corrected chi connectivity index (χ1v) is 11.6. The highest BCUT2D eigenvalue weighted by molar-refractivity contribution is 8.02. The van der Waals surface area contributed by atoms with Gasteiger partial charge in [0.05, 0.1) is 15.8 Å². The first-order valence-electron chi connectivity index (χ1n) is 9.73. The first kappa shape index (κ1) is 24.8. The normalized spacial score (nSPS) is 24.9. The minimum absolute atomic E-state index is 0.0218. The van der Waals surface area contributed by atoms with Gasteiger partial charge in [0.2, 0.25) is 0 Å². The van der Waals surface area contributed by atoms with Crippen LogP contribution in [0.5, 0.6) is 0 Å². The fourth-order valence-corrected chi connectivity index (χ4v) is 5.45. The van der Waals surface area contributed by atoms with Gasteiger partial charge in [-0.2, -0.15) is 13.2 Å². The number of benzene rings is 1. The number of ketones is 1. The molecule has 2 N–H and O–H groups in total. The lowest BCUT2D eigenvalue weighted by Crippen LogP contribution is -2.54. The second-order valence-electron chi connectivity index (χ2n) is 8.71. The van der Waals surface area contributed by atoms with Crippen LogP contribution in [0.15, 0.2) is 35.5 Å². The molecule has 3 rings (SSSR count). The molecule has 0 aliphatic carbocycles. The number of rotatable bonds is 4. The van der Waals surface area contributed by atoms with Crippen molar-refractivity contribution in [1.82, 2.24) is 4.98 Å². The second-order valence-corrected chi connectivity index (χ2v) is 11.6. The van der Waals surface area contributed by atoms with Gasteiger partial charge < -0.3 is 5.73 Å². The van der Waals surface area contributed by atoms with Crippen molar-refractivity contribution >= 4 is 27.0 Å². The van der Waals surface area contributed by atoms with E-state index in [9.17, 15) is 31.0 Å². The van der Waals surface area contributed by atoms with Crippen LogP contribution in [0.25, 0.3) is 0 Å². The Labute approximate surface area is 187 Å². The number of pyridine rings is 1. The number of carbonyl (C=O) groups excluding carboxylic acids is 1. The molecule has 0 bridgehead atoms. The smallest absolute Gasteiger partial charge is 0.386 e. The predicted octanol–water partition coefficient (Wildman–Crippen LogP) is 3.89. The van der Waals surface area contributed by atoms with Crippen molar-refractivity contribution in [2.75, 3.05) is 5.75 Å². The molecular weight excluding hydrogens is 465 g/mol. The van der Waals surface area contributed by atoms with E-state index in [-0.39, 0.29) is 28.4 Å². The maximum Gasteiger partial charge on any atom is 0.417 e. The van der Waals surface area contributed by atoms with E-state index in [2.05, 4.69) is 15.8 Å². The standard InChI is InChI=1S/C22H22F5N3O2S/c1-20(2)19(28)30-21(3,11-33(20,4)32)14-7-12(8-15(23)18(14)24)9-17(31)16-6-5-13(10-29-16)22(25,26)27/h5-8,10H,4,9,11H2,1-3H3,(H2,28,30)/t21-,33?/m0/s1. The highest BCUT2D eigenvalue weighted by atomic mass is 32.2. The zero-order valence-corrected chi connectivity index (χ0v) is 18.9. The van der Waals surface area contributed by atoms with E-state index < -0.39 is 55.4 Å². The van der Waals surface area contributed by atoms with Crippen LogP contribution in [-0.2, 0) is 27.7 Å². The molecule has 0 saturated carbocycles. The SMILES string of the molecule is C=S1(=O)C[C@@](C)(c2cc(CC(=O)c3ccc(C(F)(F)F)cn3)cc(F)c2F)N=C(N)C1(C)C. The van der Waals surface area contributed by atoms with Gasteiger partial charge in [-0.1, -0.05) is 0 Å². The fourth-order valence-electron chi connectivity index (χ4n) is 3.54. The molecule has 1 aliphatic heterocycles. The fraction of sp³-hybridized carbons (Fsp3) is 0.364. The maximum absolute atomic E-state index is 14.8. The molecule has 2 aromatic rings. The molecule has 0 spiro atoms. The van der Waals surface area contributed by atoms with Crippen molar-refractivity contribution in [3.8, 4) is 0 Å². The van der Waals surface area contributed by atoms with Gasteiger partial charge in [0, 0.05) is 23.9 Å². The van der Waals surface area contributed by atoms with Crippen LogP contribution in [-0.4, -0.2) is 37.2 Å². The van der Waals surface area contributed by atoms with Crippen molar-refractivity contribution in [3.05, 3.63) is 64.5 Å². The molecule has 1 unspecified atom stereocenters. The summed E-state index contributed by atoms with van der Waals surface area (Å²) in [6, 6.07) is 3.65. The van der Waals surface area contributed by atoms with Crippen LogP contribution >= 0.6 is 0 Å². The lowest BCUT2D eigenvalue weighted by atomic mass is 9.90. The summed E-state index contributed by atoms with van der Waals surface area (Å²) in [5.74, 6) is 0.339. The van der Waals surface area contributed by atoms with Crippen molar-refractivity contribution in [1.29, 1.82) is 0 Å². The Morgan fingerprint density at radius 2 is 1.85 bits per heavy atom. The molecule has 0 amide bonds. The first-order chi connectivity index (χ1) is 15.0. The van der Waals surface area contributed by atoms with Gasteiger partial charge in [-0.25, -0.2) is 8.78 Å². The third-order valence-electron chi connectivity index (χ3n) is 5.84. The molecule has 1 aromatic carbocycles. The van der Waals surface area contributed by atoms with Crippen molar-refractivity contribution in [2.45, 2.75) is 43.7 Å². The van der Waals surface area contributed by atoms with Gasteiger partial charge in [-0.05, 0) is 66.0 Å². The Morgan fingerprint density at radius 3 is 2.36 bits per heavy atom. The summed E-state index contributed by atoms with van der Waals surface area (Å²) in [5, 5.41) is 0. The van der Waals surface area contributed by atoms with Gasteiger partial charge >= 0.3 is 6.18 Å². The number of carbonyl (C=O) groups is 1. The van der Waals surface area contributed by atoms with Crippen LogP contribution in [0, 0.1) is 11.6 Å². The van der Waals surface area contributed by atoms with E-state index in [4.69, 9.17) is 5.73 Å². The molecule has 178 valence electrons. The Bertz CT molecular complexity index is 1250. The third-order valence-corrected chi connectivity index (χ3v) is 8.94. The molecule has 1 aromatic heterocycles. The summed E-state index contributed by atoms with van der Waals surface area (Å²) >= 11 is 0. The largest absolute Gasteiger partial charge is 0.417 e. The number of aliphatic imine (C=N–C) groups is 1. The molecular formula is C22H22F5N3O2S. The van der Waals surface area contributed by atoms with E-state index in [0.29, 0.717) is 12.3 Å². The molecule has 2 atom stereocenters. The quantitative estimate of drug-likeness (QED) is 0.403. The zero-order chi connectivity index (χ0) is 25.0. The van der Waals surface area contributed by atoms with E-state index in [0.717, 1.165) is 12.1 Å². The second kappa shape index (κ2) is 7.89. The number of alkyl halides is 3. The van der Waals surface area contributed by atoms with Gasteiger partial charge in [-0.3, -0.25) is 19.0 Å². The molecule has 2 heterocycles. The molecule has 11 heteroatoms. The highest BCUT2D eigenvalue weighted by Gasteiger charge is 2.46. The van der Waals surface area contributed by atoms with Crippen LogP contribution in [0.3, 0.4) is 0 Å². The number of Topliss-reactive ketones (excluding diaryl/α,β-unsaturated/α-hetero) is 1. The van der Waals surface area contributed by atoms with Crippen molar-refractivity contribution < 1.29 is 31.0 Å². The average Bonchev–Trinajstić information content (AvgIpc) is 2.68. The Kier molecular flexibility index (Phi) is 5.94. The van der Waals surface area contributed by atoms with Crippen LogP contribution < -0.4 is 5.73 Å². The summed E-state index contributed by atoms with van der Waals surface area (Å²) in [6.45, 7) is 4.65. The number of amidine groups is 1. The number of hydrogen-bond donors (Lipinski definition) is 1. The van der Waals surface area contributed by atoms with Gasteiger partial charge in [-0.15, -0.1) is 0 Å². The summed E-state index contributed by atoms with van der Waals surface area (Å²) in [5.41, 5.74) is 3.01. The number of nitrogens with zero attached hydrogens (tertiary/aromatic N) is 2. The lowest BCUT2D eigenvalue weighted by Gasteiger charge is -2.41. The van der Waals surface area contributed by atoms with E-state index in [1.54, 1.807) is 13.8 Å². The van der Waals surface area contributed by atoms with E-state index in [1.165, 1.54) is 13.0 Å². The zero-order valence-electron chi connectivity index (χ0n) is 18.1.